The molecule has 0 spiro atoms. The van der Waals surface area contributed by atoms with Gasteiger partial charge < -0.3 is 15.4 Å². The van der Waals surface area contributed by atoms with Crippen LogP contribution in [0.4, 0.5) is 0 Å². The number of methoxy groups -OCH3 is 1. The summed E-state index contributed by atoms with van der Waals surface area (Å²) in [6.45, 7) is 1.22. The van der Waals surface area contributed by atoms with Gasteiger partial charge in [-0.15, -0.1) is 0 Å². The normalized spacial score (nSPS) is 20.1. The van der Waals surface area contributed by atoms with Gasteiger partial charge in [0.2, 0.25) is 11.8 Å². The van der Waals surface area contributed by atoms with Crippen LogP contribution in [0.25, 0.3) is 0 Å². The molecule has 7 heteroatoms. The number of imide groups is 1. The van der Waals surface area contributed by atoms with Crippen LogP contribution in [0.5, 0.6) is 0 Å². The minimum absolute atomic E-state index is 0.130. The Hall–Kier alpha value is -1.47. The quantitative estimate of drug-likeness (QED) is 0.446. The second-order valence-corrected chi connectivity index (χ2v) is 4.12. The molecule has 1 heterocycles. The Morgan fingerprint density at radius 3 is 2.89 bits per heavy atom. The summed E-state index contributed by atoms with van der Waals surface area (Å²) in [6, 6.07) is -0.593. The van der Waals surface area contributed by atoms with Crippen LogP contribution in [0.2, 0.25) is 0 Å². The van der Waals surface area contributed by atoms with E-state index in [2.05, 4.69) is 10.6 Å². The second kappa shape index (κ2) is 7.07. The number of carbonyl (C=O) groups is 3. The average Bonchev–Trinajstić information content (AvgIpc) is 2.35. The number of carbonyl (C=O) groups excluding carboxylic acids is 3. The number of rotatable bonds is 6. The fraction of sp³-hybridized carbons (Fsp3) is 0.727. The molecule has 1 rings (SSSR count). The van der Waals surface area contributed by atoms with Crippen LogP contribution >= 0.6 is 0 Å². The van der Waals surface area contributed by atoms with Gasteiger partial charge in [0, 0.05) is 27.1 Å². The zero-order valence-corrected chi connectivity index (χ0v) is 10.7. The highest BCUT2D eigenvalue weighted by Gasteiger charge is 2.32. The number of hydrogen-bond donors (Lipinski definition) is 2. The number of ether oxygens (including phenoxy) is 1. The molecule has 0 aromatic rings. The molecule has 3 amide bonds. The number of likely N-dealkylation sites (tertiary alicyclic amines) is 1. The van der Waals surface area contributed by atoms with Gasteiger partial charge in [-0.1, -0.05) is 0 Å². The zero-order valence-electron chi connectivity index (χ0n) is 10.7. The van der Waals surface area contributed by atoms with Gasteiger partial charge in [-0.3, -0.25) is 19.3 Å². The number of nitrogens with zero attached hydrogens (tertiary/aromatic N) is 1. The molecule has 0 radical (unpaired) electrons. The van der Waals surface area contributed by atoms with Gasteiger partial charge >= 0.3 is 0 Å². The molecule has 1 fully saturated rings. The van der Waals surface area contributed by atoms with E-state index in [9.17, 15) is 14.4 Å². The summed E-state index contributed by atoms with van der Waals surface area (Å²) in [5, 5.41) is 5.49. The third kappa shape index (κ3) is 4.08. The van der Waals surface area contributed by atoms with Crippen molar-refractivity contribution in [3.8, 4) is 0 Å². The third-order valence-corrected chi connectivity index (χ3v) is 2.75. The van der Waals surface area contributed by atoms with Crippen LogP contribution < -0.4 is 10.6 Å². The fourth-order valence-electron chi connectivity index (χ4n) is 1.67. The van der Waals surface area contributed by atoms with Crippen molar-refractivity contribution in [3.63, 3.8) is 0 Å². The van der Waals surface area contributed by atoms with Crippen LogP contribution in [0.3, 0.4) is 0 Å². The Kier molecular flexibility index (Phi) is 5.73. The van der Waals surface area contributed by atoms with Crippen molar-refractivity contribution in [2.24, 2.45) is 0 Å². The molecule has 7 nitrogen and oxygen atoms in total. The molecule has 2 N–H and O–H groups in total. The second-order valence-electron chi connectivity index (χ2n) is 4.12. The molecule has 1 aliphatic rings. The summed E-state index contributed by atoms with van der Waals surface area (Å²) in [5.74, 6) is -0.813. The number of likely N-dealkylation sites (N-methyl/N-ethyl adjacent to an activating group) is 1. The highest BCUT2D eigenvalue weighted by atomic mass is 16.5. The first-order chi connectivity index (χ1) is 8.56. The SMILES string of the molecule is COCCNCC(=O)NC1CCC(=O)N(C)C1=O. The number of nitrogens with one attached hydrogen (secondary N) is 2. The van der Waals surface area contributed by atoms with E-state index < -0.39 is 6.04 Å². The maximum absolute atomic E-state index is 11.7. The Morgan fingerprint density at radius 1 is 1.50 bits per heavy atom. The summed E-state index contributed by atoms with van der Waals surface area (Å²) in [5.41, 5.74) is 0. The molecule has 1 unspecified atom stereocenters. The van der Waals surface area contributed by atoms with Crippen molar-refractivity contribution in [2.75, 3.05) is 33.9 Å². The lowest BCUT2D eigenvalue weighted by molar-refractivity contribution is -0.149. The van der Waals surface area contributed by atoms with Crippen LogP contribution in [-0.4, -0.2) is 62.5 Å². The molecular formula is C11H19N3O4. The number of hydrogen-bond acceptors (Lipinski definition) is 5. The molecule has 18 heavy (non-hydrogen) atoms. The van der Waals surface area contributed by atoms with E-state index in [1.807, 2.05) is 0 Å². The van der Waals surface area contributed by atoms with E-state index in [0.29, 0.717) is 19.6 Å². The maximum atomic E-state index is 11.7. The smallest absolute Gasteiger partial charge is 0.251 e. The first-order valence-electron chi connectivity index (χ1n) is 5.85. The highest BCUT2D eigenvalue weighted by molar-refractivity contribution is 6.01. The Morgan fingerprint density at radius 2 is 2.22 bits per heavy atom. The van der Waals surface area contributed by atoms with E-state index in [1.165, 1.54) is 7.05 Å². The maximum Gasteiger partial charge on any atom is 0.251 e. The minimum atomic E-state index is -0.593. The van der Waals surface area contributed by atoms with Crippen molar-refractivity contribution in [2.45, 2.75) is 18.9 Å². The summed E-state index contributed by atoms with van der Waals surface area (Å²) >= 11 is 0. The monoisotopic (exact) mass is 257 g/mol. The minimum Gasteiger partial charge on any atom is -0.383 e. The molecule has 0 bridgehead atoms. The van der Waals surface area contributed by atoms with E-state index >= 15 is 0 Å². The molecule has 102 valence electrons. The Balaban J connectivity index is 2.31. The molecule has 1 aliphatic heterocycles. The highest BCUT2D eigenvalue weighted by Crippen LogP contribution is 2.10. The van der Waals surface area contributed by atoms with Gasteiger partial charge in [-0.2, -0.15) is 0 Å². The van der Waals surface area contributed by atoms with E-state index in [-0.39, 0.29) is 30.7 Å². The Labute approximate surface area is 106 Å². The van der Waals surface area contributed by atoms with E-state index in [0.717, 1.165) is 4.90 Å². The van der Waals surface area contributed by atoms with Gasteiger partial charge in [0.15, 0.2) is 0 Å². The number of amides is 3. The van der Waals surface area contributed by atoms with Crippen molar-refractivity contribution < 1.29 is 19.1 Å². The van der Waals surface area contributed by atoms with Crippen LogP contribution in [0.15, 0.2) is 0 Å². The fourth-order valence-corrected chi connectivity index (χ4v) is 1.67. The van der Waals surface area contributed by atoms with E-state index in [1.54, 1.807) is 7.11 Å². The molecule has 0 aliphatic carbocycles. The topological polar surface area (TPSA) is 87.7 Å². The lowest BCUT2D eigenvalue weighted by atomic mass is 10.0. The lowest BCUT2D eigenvalue weighted by Gasteiger charge is -2.28. The molecular weight excluding hydrogens is 238 g/mol. The van der Waals surface area contributed by atoms with Gasteiger partial charge in [0.05, 0.1) is 13.2 Å². The number of piperidine rings is 1. The third-order valence-electron chi connectivity index (χ3n) is 2.75. The standard InChI is InChI=1S/C11H19N3O4/c1-14-10(16)4-3-8(11(14)17)13-9(15)7-12-5-6-18-2/h8,12H,3-7H2,1-2H3,(H,13,15). The Bertz CT molecular complexity index is 332. The molecule has 1 saturated heterocycles. The predicted octanol–water partition coefficient (Wildman–Crippen LogP) is -1.51. The molecule has 0 saturated carbocycles. The summed E-state index contributed by atoms with van der Waals surface area (Å²) in [6.07, 6.45) is 0.649. The summed E-state index contributed by atoms with van der Waals surface area (Å²) < 4.78 is 4.82. The van der Waals surface area contributed by atoms with Crippen molar-refractivity contribution in [3.05, 3.63) is 0 Å². The zero-order chi connectivity index (χ0) is 13.5. The van der Waals surface area contributed by atoms with Crippen LogP contribution in [0, 0.1) is 0 Å². The van der Waals surface area contributed by atoms with Crippen LogP contribution in [0.1, 0.15) is 12.8 Å². The van der Waals surface area contributed by atoms with Crippen molar-refractivity contribution in [1.82, 2.24) is 15.5 Å². The average molecular weight is 257 g/mol. The largest absolute Gasteiger partial charge is 0.383 e. The van der Waals surface area contributed by atoms with Gasteiger partial charge in [-0.25, -0.2) is 0 Å². The van der Waals surface area contributed by atoms with Crippen molar-refractivity contribution >= 4 is 17.7 Å². The van der Waals surface area contributed by atoms with Crippen molar-refractivity contribution in [1.29, 1.82) is 0 Å². The van der Waals surface area contributed by atoms with Gasteiger partial charge in [-0.05, 0) is 6.42 Å². The van der Waals surface area contributed by atoms with E-state index in [4.69, 9.17) is 4.74 Å². The summed E-state index contributed by atoms with van der Waals surface area (Å²) in [4.78, 5) is 35.5. The van der Waals surface area contributed by atoms with Gasteiger partial charge in [0.1, 0.15) is 6.04 Å². The van der Waals surface area contributed by atoms with Gasteiger partial charge in [0.25, 0.3) is 5.91 Å². The molecule has 1 atom stereocenters. The predicted molar refractivity (Wildman–Crippen MR) is 63.7 cm³/mol. The molecule has 0 aromatic carbocycles. The van der Waals surface area contributed by atoms with Crippen LogP contribution in [-0.2, 0) is 19.1 Å². The lowest BCUT2D eigenvalue weighted by Crippen LogP contribution is -2.54. The molecule has 0 aromatic heterocycles. The first kappa shape index (κ1) is 14.6. The summed E-state index contributed by atoms with van der Waals surface area (Å²) in [7, 11) is 3.01. The first-order valence-corrected chi connectivity index (χ1v) is 5.85.